The minimum atomic E-state index is 0.164. The third-order valence-corrected chi connectivity index (χ3v) is 1.03. The Balaban J connectivity index is 3.24. The van der Waals surface area contributed by atoms with Crippen LogP contribution in [0.2, 0.25) is 0 Å². The molecular weight excluding hydrogens is 122 g/mol. The summed E-state index contributed by atoms with van der Waals surface area (Å²) in [5.41, 5.74) is 5.19. The third kappa shape index (κ3) is 4.02. The molecular formula is C5H11NOS. The summed E-state index contributed by atoms with van der Waals surface area (Å²) in [4.78, 5) is 0.478. The summed E-state index contributed by atoms with van der Waals surface area (Å²) >= 11 is 4.60. The lowest BCUT2D eigenvalue weighted by Gasteiger charge is -2.03. The summed E-state index contributed by atoms with van der Waals surface area (Å²) in [7, 11) is 0. The highest BCUT2D eigenvalue weighted by atomic mass is 32.1. The normalized spacial score (nSPS) is 13.2. The van der Waals surface area contributed by atoms with Crippen molar-refractivity contribution in [2.24, 2.45) is 11.7 Å². The quantitative estimate of drug-likeness (QED) is 0.544. The first-order valence-electron chi connectivity index (χ1n) is 2.56. The van der Waals surface area contributed by atoms with Gasteiger partial charge in [-0.15, -0.1) is 0 Å². The van der Waals surface area contributed by atoms with Crippen LogP contribution in [0.25, 0.3) is 0 Å². The van der Waals surface area contributed by atoms with Crippen LogP contribution in [0, 0.1) is 5.92 Å². The smallest absolute Gasteiger partial charge is 0.0730 e. The minimum absolute atomic E-state index is 0.164. The van der Waals surface area contributed by atoms with Gasteiger partial charge in [0.05, 0.1) is 4.99 Å². The molecule has 0 aromatic rings. The maximum Gasteiger partial charge on any atom is 0.0730 e. The lowest BCUT2D eigenvalue weighted by atomic mass is 10.1. The molecule has 8 heavy (non-hydrogen) atoms. The van der Waals surface area contributed by atoms with E-state index in [9.17, 15) is 0 Å². The van der Waals surface area contributed by atoms with E-state index in [1.807, 2.05) is 6.92 Å². The van der Waals surface area contributed by atoms with Crippen molar-refractivity contribution < 1.29 is 5.11 Å². The summed E-state index contributed by atoms with van der Waals surface area (Å²) in [6.07, 6.45) is 0.645. The first-order valence-corrected chi connectivity index (χ1v) is 2.96. The van der Waals surface area contributed by atoms with Gasteiger partial charge in [0.15, 0.2) is 0 Å². The van der Waals surface area contributed by atoms with Crippen LogP contribution in [0.3, 0.4) is 0 Å². The lowest BCUT2D eigenvalue weighted by Crippen LogP contribution is -2.14. The summed E-state index contributed by atoms with van der Waals surface area (Å²) in [6.45, 7) is 2.07. The average Bonchev–Trinajstić information content (AvgIpc) is 1.65. The summed E-state index contributed by atoms with van der Waals surface area (Å²) < 4.78 is 0. The molecule has 0 bridgehead atoms. The van der Waals surface area contributed by atoms with E-state index in [4.69, 9.17) is 10.8 Å². The molecule has 0 aromatic carbocycles. The molecule has 2 nitrogen and oxygen atoms in total. The Kier molecular flexibility index (Phi) is 3.73. The highest BCUT2D eigenvalue weighted by Gasteiger charge is 1.99. The molecule has 0 saturated carbocycles. The molecule has 3 heteroatoms. The molecule has 0 aliphatic heterocycles. The second kappa shape index (κ2) is 3.80. The fraction of sp³-hybridized carbons (Fsp3) is 0.800. The lowest BCUT2D eigenvalue weighted by molar-refractivity contribution is 0.241. The average molecular weight is 133 g/mol. The second-order valence-electron chi connectivity index (χ2n) is 1.96. The van der Waals surface area contributed by atoms with Crippen LogP contribution in [-0.2, 0) is 0 Å². The molecule has 0 spiro atoms. The number of thiocarbonyl (C=S) groups is 1. The van der Waals surface area contributed by atoms with Crippen molar-refractivity contribution in [3.8, 4) is 0 Å². The van der Waals surface area contributed by atoms with Gasteiger partial charge in [-0.1, -0.05) is 19.1 Å². The zero-order valence-corrected chi connectivity index (χ0v) is 5.74. The Labute approximate surface area is 54.7 Å². The Morgan fingerprint density at radius 3 is 2.50 bits per heavy atom. The zero-order chi connectivity index (χ0) is 6.57. The number of rotatable bonds is 3. The van der Waals surface area contributed by atoms with Gasteiger partial charge < -0.3 is 10.8 Å². The number of hydrogen-bond acceptors (Lipinski definition) is 2. The Hall–Kier alpha value is -0.150. The SMILES string of the molecule is CC(CO)CC(N)=S. The van der Waals surface area contributed by atoms with Gasteiger partial charge in [-0.3, -0.25) is 0 Å². The van der Waals surface area contributed by atoms with Crippen LogP contribution < -0.4 is 5.73 Å². The van der Waals surface area contributed by atoms with Crippen LogP contribution >= 0.6 is 12.2 Å². The molecule has 1 unspecified atom stereocenters. The van der Waals surface area contributed by atoms with Crippen molar-refractivity contribution in [2.45, 2.75) is 13.3 Å². The van der Waals surface area contributed by atoms with Crippen molar-refractivity contribution >= 4 is 17.2 Å². The van der Waals surface area contributed by atoms with Gasteiger partial charge in [-0.2, -0.15) is 0 Å². The van der Waals surface area contributed by atoms with E-state index in [2.05, 4.69) is 12.2 Å². The van der Waals surface area contributed by atoms with E-state index < -0.39 is 0 Å². The van der Waals surface area contributed by atoms with Crippen molar-refractivity contribution in [3.63, 3.8) is 0 Å². The van der Waals surface area contributed by atoms with Gasteiger partial charge >= 0.3 is 0 Å². The second-order valence-corrected chi connectivity index (χ2v) is 2.48. The van der Waals surface area contributed by atoms with Crippen molar-refractivity contribution in [2.75, 3.05) is 6.61 Å². The molecule has 0 fully saturated rings. The summed E-state index contributed by atoms with van der Waals surface area (Å²) in [6, 6.07) is 0. The standard InChI is InChI=1S/C5H11NOS/c1-4(3-7)2-5(6)8/h4,7H,2-3H2,1H3,(H2,6,8). The largest absolute Gasteiger partial charge is 0.396 e. The van der Waals surface area contributed by atoms with Crippen LogP contribution in [0.4, 0.5) is 0 Å². The van der Waals surface area contributed by atoms with Crippen LogP contribution in [0.5, 0.6) is 0 Å². The van der Waals surface area contributed by atoms with Gasteiger partial charge in [-0.25, -0.2) is 0 Å². The third-order valence-electron chi connectivity index (χ3n) is 0.861. The molecule has 0 aliphatic carbocycles. The predicted molar refractivity (Wildman–Crippen MR) is 37.7 cm³/mol. The molecule has 0 saturated heterocycles. The fourth-order valence-electron chi connectivity index (χ4n) is 0.408. The molecule has 0 radical (unpaired) electrons. The van der Waals surface area contributed by atoms with E-state index in [0.717, 1.165) is 0 Å². The Morgan fingerprint density at radius 2 is 2.38 bits per heavy atom. The number of aliphatic hydroxyl groups is 1. The number of aliphatic hydroxyl groups excluding tert-OH is 1. The molecule has 48 valence electrons. The first-order chi connectivity index (χ1) is 3.66. The van der Waals surface area contributed by atoms with E-state index in [1.54, 1.807) is 0 Å². The monoisotopic (exact) mass is 133 g/mol. The Morgan fingerprint density at radius 1 is 1.88 bits per heavy atom. The molecule has 0 amide bonds. The minimum Gasteiger partial charge on any atom is -0.396 e. The Bertz CT molecular complexity index is 84.5. The van der Waals surface area contributed by atoms with Crippen molar-refractivity contribution in [1.29, 1.82) is 0 Å². The summed E-state index contributed by atoms with van der Waals surface area (Å²) in [5.74, 6) is 0.215. The van der Waals surface area contributed by atoms with Crippen LogP contribution in [0.1, 0.15) is 13.3 Å². The number of nitrogens with two attached hydrogens (primary N) is 1. The first kappa shape index (κ1) is 7.85. The fourth-order valence-corrected chi connectivity index (χ4v) is 0.693. The van der Waals surface area contributed by atoms with Gasteiger partial charge in [-0.05, 0) is 5.92 Å². The van der Waals surface area contributed by atoms with E-state index in [1.165, 1.54) is 0 Å². The van der Waals surface area contributed by atoms with Crippen molar-refractivity contribution in [1.82, 2.24) is 0 Å². The maximum absolute atomic E-state index is 8.47. The summed E-state index contributed by atoms with van der Waals surface area (Å²) in [5, 5.41) is 8.47. The van der Waals surface area contributed by atoms with Gasteiger partial charge in [0.1, 0.15) is 0 Å². The highest BCUT2D eigenvalue weighted by molar-refractivity contribution is 7.80. The van der Waals surface area contributed by atoms with Crippen molar-refractivity contribution in [3.05, 3.63) is 0 Å². The van der Waals surface area contributed by atoms with Crippen LogP contribution in [0.15, 0.2) is 0 Å². The zero-order valence-electron chi connectivity index (χ0n) is 4.92. The van der Waals surface area contributed by atoms with Gasteiger partial charge in [0.25, 0.3) is 0 Å². The molecule has 0 aromatic heterocycles. The molecule has 0 rings (SSSR count). The van der Waals surface area contributed by atoms with Gasteiger partial charge in [0, 0.05) is 13.0 Å². The molecule has 1 atom stereocenters. The van der Waals surface area contributed by atoms with E-state index in [-0.39, 0.29) is 12.5 Å². The predicted octanol–water partition coefficient (Wildman–Crippen LogP) is 0.291. The number of hydrogen-bond donors (Lipinski definition) is 2. The molecule has 0 heterocycles. The topological polar surface area (TPSA) is 46.2 Å². The van der Waals surface area contributed by atoms with Gasteiger partial charge in [0.2, 0.25) is 0 Å². The molecule has 0 aliphatic rings. The van der Waals surface area contributed by atoms with E-state index >= 15 is 0 Å². The highest BCUT2D eigenvalue weighted by Crippen LogP contribution is 1.98. The van der Waals surface area contributed by atoms with E-state index in [0.29, 0.717) is 11.4 Å². The van der Waals surface area contributed by atoms with Crippen LogP contribution in [-0.4, -0.2) is 16.7 Å². The molecule has 3 N–H and O–H groups in total. The maximum atomic E-state index is 8.47.